The van der Waals surface area contributed by atoms with Crippen molar-refractivity contribution in [2.24, 2.45) is 10.9 Å². The Morgan fingerprint density at radius 3 is 3.04 bits per heavy atom. The predicted molar refractivity (Wildman–Crippen MR) is 116 cm³/mol. The van der Waals surface area contributed by atoms with Crippen LogP contribution >= 0.6 is 24.0 Å². The van der Waals surface area contributed by atoms with E-state index < -0.39 is 0 Å². The third-order valence-corrected chi connectivity index (χ3v) is 4.36. The smallest absolute Gasteiger partial charge is 0.310 e. The largest absolute Gasteiger partial charge is 0.466 e. The molecule has 1 aromatic heterocycles. The summed E-state index contributed by atoms with van der Waals surface area (Å²) in [5.41, 5.74) is 0. The quantitative estimate of drug-likeness (QED) is 0.197. The summed E-state index contributed by atoms with van der Waals surface area (Å²) in [6.07, 6.45) is 6.20. The summed E-state index contributed by atoms with van der Waals surface area (Å²) in [6.45, 7) is 11.6. The molecule has 0 radical (unpaired) electrons. The number of carbonyl (C=O) groups is 1. The Hall–Kier alpha value is -1.65. The lowest BCUT2D eigenvalue weighted by atomic mass is 9.98. The molecule has 1 N–H and O–H groups in total. The summed E-state index contributed by atoms with van der Waals surface area (Å²) >= 11 is 0. The number of ether oxygens (including phenoxy) is 1. The maximum absolute atomic E-state index is 12.1. The third-order valence-electron chi connectivity index (χ3n) is 4.36. The minimum atomic E-state index is -0.114. The summed E-state index contributed by atoms with van der Waals surface area (Å²) in [4.78, 5) is 18.9. The van der Waals surface area contributed by atoms with Gasteiger partial charge in [-0.3, -0.25) is 9.79 Å². The fraction of sp³-hybridized carbons (Fsp3) is 0.667. The number of hydrogen-bond donors (Lipinski definition) is 1. The van der Waals surface area contributed by atoms with Crippen LogP contribution in [-0.2, 0) is 22.5 Å². The number of halogens is 1. The predicted octanol–water partition coefficient (Wildman–Crippen LogP) is 1.87. The van der Waals surface area contributed by atoms with Crippen molar-refractivity contribution in [1.82, 2.24) is 25.0 Å². The first-order chi connectivity index (χ1) is 12.7. The molecule has 2 heterocycles. The molecule has 0 spiro atoms. The molecule has 0 aliphatic carbocycles. The van der Waals surface area contributed by atoms with Crippen LogP contribution in [0.2, 0.25) is 0 Å². The van der Waals surface area contributed by atoms with Gasteiger partial charge in [-0.2, -0.15) is 0 Å². The molecule has 1 atom stereocenters. The number of aliphatic imine (C=N–C) groups is 1. The molecule has 1 saturated heterocycles. The Labute approximate surface area is 178 Å². The molecule has 1 unspecified atom stereocenters. The van der Waals surface area contributed by atoms with Crippen LogP contribution in [0.1, 0.15) is 32.5 Å². The Balaban J connectivity index is 0.00000364. The molecular weight excluding hydrogens is 459 g/mol. The first-order valence-corrected chi connectivity index (χ1v) is 9.37. The zero-order valence-electron chi connectivity index (χ0n) is 16.3. The molecule has 0 saturated carbocycles. The Morgan fingerprint density at radius 2 is 2.33 bits per heavy atom. The van der Waals surface area contributed by atoms with Gasteiger partial charge in [0, 0.05) is 32.6 Å². The fourth-order valence-corrected chi connectivity index (χ4v) is 3.06. The maximum Gasteiger partial charge on any atom is 0.310 e. The van der Waals surface area contributed by atoms with Gasteiger partial charge in [-0.25, -0.2) is 0 Å². The normalized spacial score (nSPS) is 17.2. The Morgan fingerprint density at radius 1 is 1.52 bits per heavy atom. The number of piperidine rings is 1. The van der Waals surface area contributed by atoms with E-state index in [1.54, 1.807) is 12.4 Å². The van der Waals surface area contributed by atoms with Gasteiger partial charge in [0.25, 0.3) is 0 Å². The molecule has 0 amide bonds. The standard InChI is InChI=1S/C18H30N6O2.HI/c1-4-9-19-18(20-10-12-24-14-21-22-16(24)5-2)23-11-7-8-15(13-23)17(25)26-6-3;/h4,14-15H,1,5-13H2,2-3H3,(H,19,20);1H. The van der Waals surface area contributed by atoms with E-state index in [9.17, 15) is 4.79 Å². The summed E-state index contributed by atoms with van der Waals surface area (Å²) in [7, 11) is 0. The van der Waals surface area contributed by atoms with Crippen molar-refractivity contribution in [3.05, 3.63) is 24.8 Å². The van der Waals surface area contributed by atoms with Crippen LogP contribution < -0.4 is 5.32 Å². The minimum absolute atomic E-state index is 0. The molecule has 2 rings (SSSR count). The van der Waals surface area contributed by atoms with Crippen LogP contribution in [0.5, 0.6) is 0 Å². The van der Waals surface area contributed by atoms with Gasteiger partial charge in [0.15, 0.2) is 5.96 Å². The molecule has 1 aliphatic heterocycles. The van der Waals surface area contributed by atoms with Gasteiger partial charge in [-0.15, -0.1) is 40.8 Å². The lowest BCUT2D eigenvalue weighted by Gasteiger charge is -2.34. The average molecular weight is 490 g/mol. The Kier molecular flexibility index (Phi) is 11.0. The highest BCUT2D eigenvalue weighted by molar-refractivity contribution is 14.0. The first kappa shape index (κ1) is 23.4. The number of esters is 1. The summed E-state index contributed by atoms with van der Waals surface area (Å²) in [5.74, 6) is 1.56. The van der Waals surface area contributed by atoms with Gasteiger partial charge >= 0.3 is 5.97 Å². The van der Waals surface area contributed by atoms with E-state index in [0.29, 0.717) is 26.2 Å². The van der Waals surface area contributed by atoms with Crippen molar-refractivity contribution >= 4 is 35.9 Å². The van der Waals surface area contributed by atoms with E-state index in [4.69, 9.17) is 9.73 Å². The van der Waals surface area contributed by atoms with Gasteiger partial charge < -0.3 is 19.5 Å². The van der Waals surface area contributed by atoms with Crippen molar-refractivity contribution < 1.29 is 9.53 Å². The topological polar surface area (TPSA) is 84.6 Å². The van der Waals surface area contributed by atoms with Crippen molar-refractivity contribution in [3.63, 3.8) is 0 Å². The van der Waals surface area contributed by atoms with Crippen LogP contribution in [-0.4, -0.2) is 64.4 Å². The van der Waals surface area contributed by atoms with Crippen molar-refractivity contribution in [1.29, 1.82) is 0 Å². The van der Waals surface area contributed by atoms with Crippen LogP contribution in [0.4, 0.5) is 0 Å². The average Bonchev–Trinajstić information content (AvgIpc) is 3.12. The second kappa shape index (κ2) is 12.7. The second-order valence-corrected chi connectivity index (χ2v) is 6.21. The molecule has 1 fully saturated rings. The van der Waals surface area contributed by atoms with E-state index >= 15 is 0 Å². The van der Waals surface area contributed by atoms with Crippen molar-refractivity contribution in [2.45, 2.75) is 39.7 Å². The van der Waals surface area contributed by atoms with E-state index in [0.717, 1.165) is 44.1 Å². The number of likely N-dealkylation sites (tertiary alicyclic amines) is 1. The van der Waals surface area contributed by atoms with Gasteiger partial charge in [0.1, 0.15) is 12.2 Å². The van der Waals surface area contributed by atoms with Crippen molar-refractivity contribution in [2.75, 3.05) is 32.8 Å². The lowest BCUT2D eigenvalue weighted by Crippen LogP contribution is -2.48. The molecular formula is C18H31IN6O2. The van der Waals surface area contributed by atoms with Crippen LogP contribution in [0.15, 0.2) is 24.0 Å². The number of nitrogens with zero attached hydrogens (tertiary/aromatic N) is 5. The lowest BCUT2D eigenvalue weighted by molar-refractivity contribution is -0.149. The van der Waals surface area contributed by atoms with Crippen molar-refractivity contribution in [3.8, 4) is 0 Å². The highest BCUT2D eigenvalue weighted by Crippen LogP contribution is 2.18. The molecule has 152 valence electrons. The number of nitrogens with one attached hydrogen (secondary N) is 1. The van der Waals surface area contributed by atoms with E-state index in [1.165, 1.54) is 0 Å². The van der Waals surface area contributed by atoms with Gasteiger partial charge in [-0.1, -0.05) is 13.0 Å². The molecule has 27 heavy (non-hydrogen) atoms. The number of hydrogen-bond acceptors (Lipinski definition) is 5. The van der Waals surface area contributed by atoms with Crippen LogP contribution in [0.25, 0.3) is 0 Å². The molecule has 1 aromatic rings. The van der Waals surface area contributed by atoms with E-state index in [2.05, 4.69) is 33.9 Å². The number of rotatable bonds is 8. The molecule has 8 nitrogen and oxygen atoms in total. The second-order valence-electron chi connectivity index (χ2n) is 6.21. The van der Waals surface area contributed by atoms with Gasteiger partial charge in [-0.05, 0) is 19.8 Å². The van der Waals surface area contributed by atoms with Gasteiger partial charge in [0.05, 0.1) is 19.1 Å². The van der Waals surface area contributed by atoms with E-state index in [1.807, 2.05) is 11.5 Å². The molecule has 1 aliphatic rings. The summed E-state index contributed by atoms with van der Waals surface area (Å²) in [5, 5.41) is 11.3. The summed E-state index contributed by atoms with van der Waals surface area (Å²) in [6, 6.07) is 0. The number of aromatic nitrogens is 3. The molecule has 0 bridgehead atoms. The maximum atomic E-state index is 12.1. The third kappa shape index (κ3) is 7.11. The first-order valence-electron chi connectivity index (χ1n) is 9.37. The zero-order chi connectivity index (χ0) is 18.8. The van der Waals surface area contributed by atoms with Crippen LogP contribution in [0, 0.1) is 5.92 Å². The molecule has 0 aromatic carbocycles. The fourth-order valence-electron chi connectivity index (χ4n) is 3.06. The Bertz CT molecular complexity index is 619. The van der Waals surface area contributed by atoms with Gasteiger partial charge in [0.2, 0.25) is 0 Å². The number of guanidine groups is 1. The van der Waals surface area contributed by atoms with E-state index in [-0.39, 0.29) is 35.9 Å². The summed E-state index contributed by atoms with van der Waals surface area (Å²) < 4.78 is 7.21. The zero-order valence-corrected chi connectivity index (χ0v) is 18.6. The SMILES string of the molecule is C=CCNC(=NCCn1cnnc1CC)N1CCCC(C(=O)OCC)C1.I. The number of aryl methyl sites for hydroxylation is 1. The minimum Gasteiger partial charge on any atom is -0.466 e. The monoisotopic (exact) mass is 490 g/mol. The highest BCUT2D eigenvalue weighted by atomic mass is 127. The van der Waals surface area contributed by atoms with Crippen LogP contribution in [0.3, 0.4) is 0 Å². The number of carbonyl (C=O) groups excluding carboxylic acids is 1. The highest BCUT2D eigenvalue weighted by Gasteiger charge is 2.28. The molecule has 9 heteroatoms.